The highest BCUT2D eigenvalue weighted by atomic mass is 16.5. The van der Waals surface area contributed by atoms with Gasteiger partial charge in [-0.3, -0.25) is 0 Å². The highest BCUT2D eigenvalue weighted by molar-refractivity contribution is 5.59. The molecule has 1 aromatic carbocycles. The van der Waals surface area contributed by atoms with Crippen molar-refractivity contribution in [2.45, 2.75) is 13.5 Å². The van der Waals surface area contributed by atoms with Crippen molar-refractivity contribution in [2.24, 2.45) is 0 Å². The summed E-state index contributed by atoms with van der Waals surface area (Å²) in [6.45, 7) is 3.18. The second-order valence-electron chi connectivity index (χ2n) is 3.78. The molecule has 0 spiro atoms. The molecule has 2 rings (SSSR count). The zero-order valence-electron chi connectivity index (χ0n) is 10.3. The molecule has 2 aromatic rings. The highest BCUT2D eigenvalue weighted by Crippen LogP contribution is 2.22. The molecule has 5 nitrogen and oxygen atoms in total. The summed E-state index contributed by atoms with van der Waals surface area (Å²) in [5, 5.41) is 3.25. The first-order valence-electron chi connectivity index (χ1n) is 5.80. The van der Waals surface area contributed by atoms with Crippen molar-refractivity contribution in [3.05, 3.63) is 42.5 Å². The molecule has 0 aliphatic carbocycles. The van der Waals surface area contributed by atoms with Gasteiger partial charge in [0.05, 0.1) is 18.8 Å². The zero-order chi connectivity index (χ0) is 12.8. The minimum Gasteiger partial charge on any atom is -0.494 e. The fourth-order valence-corrected chi connectivity index (χ4v) is 1.59. The van der Waals surface area contributed by atoms with Crippen LogP contribution in [0.2, 0.25) is 0 Å². The van der Waals surface area contributed by atoms with E-state index in [4.69, 9.17) is 10.5 Å². The Labute approximate surface area is 106 Å². The molecule has 0 saturated heterocycles. The Morgan fingerprint density at radius 3 is 2.94 bits per heavy atom. The van der Waals surface area contributed by atoms with E-state index in [0.29, 0.717) is 18.8 Å². The molecule has 0 unspecified atom stereocenters. The molecule has 0 atom stereocenters. The number of nitrogens with one attached hydrogen (secondary N) is 1. The van der Waals surface area contributed by atoms with Crippen molar-refractivity contribution in [2.75, 3.05) is 17.7 Å². The van der Waals surface area contributed by atoms with E-state index in [1.807, 2.05) is 25.1 Å². The Bertz CT molecular complexity index is 502. The lowest BCUT2D eigenvalue weighted by atomic mass is 10.2. The van der Waals surface area contributed by atoms with Crippen molar-refractivity contribution in [1.82, 2.24) is 9.97 Å². The van der Waals surface area contributed by atoms with Gasteiger partial charge in [0, 0.05) is 29.7 Å². The lowest BCUT2D eigenvalue weighted by Crippen LogP contribution is -2.03. The standard InChI is InChI=1S/C13H16N4O/c1-2-18-13-6-10(14)5-12(7-13)16-8-11-3-4-15-9-17-11/h3-7,9,16H,2,8,14H2,1H3. The van der Waals surface area contributed by atoms with Crippen molar-refractivity contribution in [3.63, 3.8) is 0 Å². The van der Waals surface area contributed by atoms with E-state index in [-0.39, 0.29) is 0 Å². The maximum atomic E-state index is 5.81. The Morgan fingerprint density at radius 2 is 2.22 bits per heavy atom. The Balaban J connectivity index is 2.05. The van der Waals surface area contributed by atoms with Crippen molar-refractivity contribution in [3.8, 4) is 5.75 Å². The summed E-state index contributed by atoms with van der Waals surface area (Å²) in [7, 11) is 0. The summed E-state index contributed by atoms with van der Waals surface area (Å²) in [5.74, 6) is 0.766. The number of ether oxygens (including phenoxy) is 1. The van der Waals surface area contributed by atoms with Gasteiger partial charge in [-0.25, -0.2) is 9.97 Å². The van der Waals surface area contributed by atoms with E-state index >= 15 is 0 Å². The van der Waals surface area contributed by atoms with Gasteiger partial charge in [0.2, 0.25) is 0 Å². The van der Waals surface area contributed by atoms with Crippen LogP contribution in [-0.2, 0) is 6.54 Å². The first-order chi connectivity index (χ1) is 8.78. The number of nitrogens with zero attached hydrogens (tertiary/aromatic N) is 2. The summed E-state index contributed by atoms with van der Waals surface area (Å²) in [5.41, 5.74) is 8.32. The van der Waals surface area contributed by atoms with E-state index in [9.17, 15) is 0 Å². The fourth-order valence-electron chi connectivity index (χ4n) is 1.59. The third-order valence-electron chi connectivity index (χ3n) is 2.36. The molecule has 0 aliphatic heterocycles. The Morgan fingerprint density at radius 1 is 1.33 bits per heavy atom. The largest absolute Gasteiger partial charge is 0.494 e. The molecule has 1 heterocycles. The normalized spacial score (nSPS) is 10.1. The van der Waals surface area contributed by atoms with Gasteiger partial charge in [0.1, 0.15) is 12.1 Å². The van der Waals surface area contributed by atoms with Crippen LogP contribution in [0.15, 0.2) is 36.8 Å². The summed E-state index contributed by atoms with van der Waals surface area (Å²) >= 11 is 0. The lowest BCUT2D eigenvalue weighted by Gasteiger charge is -2.10. The van der Waals surface area contributed by atoms with E-state index in [2.05, 4.69) is 15.3 Å². The fraction of sp³-hybridized carbons (Fsp3) is 0.231. The number of hydrogen-bond donors (Lipinski definition) is 2. The number of rotatable bonds is 5. The smallest absolute Gasteiger partial charge is 0.123 e. The number of aromatic nitrogens is 2. The van der Waals surface area contributed by atoms with E-state index in [1.165, 1.54) is 6.33 Å². The first-order valence-corrected chi connectivity index (χ1v) is 5.80. The SMILES string of the molecule is CCOc1cc(N)cc(NCc2ccncn2)c1. The van der Waals surface area contributed by atoms with Crippen LogP contribution in [0.1, 0.15) is 12.6 Å². The third-order valence-corrected chi connectivity index (χ3v) is 2.36. The molecule has 0 bridgehead atoms. The molecule has 5 heteroatoms. The third kappa shape index (κ3) is 3.35. The van der Waals surface area contributed by atoms with Gasteiger partial charge in [-0.05, 0) is 19.1 Å². The summed E-state index contributed by atoms with van der Waals surface area (Å²) < 4.78 is 5.43. The molecule has 0 saturated carbocycles. The van der Waals surface area contributed by atoms with Gasteiger partial charge in [-0.15, -0.1) is 0 Å². The molecule has 94 valence electrons. The topological polar surface area (TPSA) is 73.1 Å². The summed E-state index contributed by atoms with van der Waals surface area (Å²) in [4.78, 5) is 8.01. The van der Waals surface area contributed by atoms with E-state index in [1.54, 1.807) is 12.3 Å². The van der Waals surface area contributed by atoms with Crippen LogP contribution in [0.25, 0.3) is 0 Å². The average Bonchev–Trinajstić information content (AvgIpc) is 2.37. The van der Waals surface area contributed by atoms with Gasteiger partial charge in [-0.2, -0.15) is 0 Å². The lowest BCUT2D eigenvalue weighted by molar-refractivity contribution is 0.340. The van der Waals surface area contributed by atoms with Crippen molar-refractivity contribution >= 4 is 11.4 Å². The number of anilines is 2. The minimum absolute atomic E-state index is 0.620. The van der Waals surface area contributed by atoms with Crippen LogP contribution in [-0.4, -0.2) is 16.6 Å². The Hall–Kier alpha value is -2.30. The molecule has 18 heavy (non-hydrogen) atoms. The molecule has 3 N–H and O–H groups in total. The van der Waals surface area contributed by atoms with E-state index in [0.717, 1.165) is 17.1 Å². The van der Waals surface area contributed by atoms with Crippen LogP contribution in [0.4, 0.5) is 11.4 Å². The second-order valence-corrected chi connectivity index (χ2v) is 3.78. The van der Waals surface area contributed by atoms with Crippen LogP contribution >= 0.6 is 0 Å². The van der Waals surface area contributed by atoms with Crippen LogP contribution < -0.4 is 15.8 Å². The Kier molecular flexibility index (Phi) is 3.96. The maximum absolute atomic E-state index is 5.81. The molecule has 0 amide bonds. The predicted octanol–water partition coefficient (Wildman–Crippen LogP) is 2.07. The number of nitrogens with two attached hydrogens (primary N) is 1. The van der Waals surface area contributed by atoms with Gasteiger partial charge in [0.25, 0.3) is 0 Å². The van der Waals surface area contributed by atoms with Gasteiger partial charge in [-0.1, -0.05) is 0 Å². The van der Waals surface area contributed by atoms with Crippen LogP contribution in [0.5, 0.6) is 5.75 Å². The second kappa shape index (κ2) is 5.86. The molecule has 0 fully saturated rings. The van der Waals surface area contributed by atoms with Crippen LogP contribution in [0.3, 0.4) is 0 Å². The number of nitrogen functional groups attached to an aromatic ring is 1. The highest BCUT2D eigenvalue weighted by Gasteiger charge is 2.00. The molecular weight excluding hydrogens is 228 g/mol. The van der Waals surface area contributed by atoms with Gasteiger partial charge >= 0.3 is 0 Å². The van der Waals surface area contributed by atoms with Crippen LogP contribution in [0, 0.1) is 0 Å². The molecule has 0 radical (unpaired) electrons. The zero-order valence-corrected chi connectivity index (χ0v) is 10.3. The first kappa shape index (κ1) is 12.2. The minimum atomic E-state index is 0.620. The molecule has 0 aliphatic rings. The van der Waals surface area contributed by atoms with Crippen molar-refractivity contribution in [1.29, 1.82) is 0 Å². The van der Waals surface area contributed by atoms with Gasteiger partial charge < -0.3 is 15.8 Å². The number of benzene rings is 1. The summed E-state index contributed by atoms with van der Waals surface area (Å²) in [6, 6.07) is 7.45. The van der Waals surface area contributed by atoms with E-state index < -0.39 is 0 Å². The molecular formula is C13H16N4O. The summed E-state index contributed by atoms with van der Waals surface area (Å²) in [6.07, 6.45) is 3.25. The van der Waals surface area contributed by atoms with Gasteiger partial charge in [0.15, 0.2) is 0 Å². The quantitative estimate of drug-likeness (QED) is 0.788. The number of hydrogen-bond acceptors (Lipinski definition) is 5. The van der Waals surface area contributed by atoms with Crippen molar-refractivity contribution < 1.29 is 4.74 Å². The maximum Gasteiger partial charge on any atom is 0.123 e. The monoisotopic (exact) mass is 244 g/mol. The predicted molar refractivity (Wildman–Crippen MR) is 71.4 cm³/mol. The molecule has 1 aromatic heterocycles. The average molecular weight is 244 g/mol.